The van der Waals surface area contributed by atoms with Gasteiger partial charge >= 0.3 is 0 Å². The molecule has 0 unspecified atom stereocenters. The van der Waals surface area contributed by atoms with E-state index in [0.717, 1.165) is 33.5 Å². The molecule has 6 aromatic carbocycles. The SMILES string of the molecule is c1ccc(-c2ccc(-c3nc(-c4ccc5cc6sc7c(ccn7-c7ccccc7)c6cc5c4)nc4ccccc34)cc2)cc1. The molecule has 0 radical (unpaired) electrons. The predicted octanol–water partition coefficient (Wildman–Crippen LogP) is 10.9. The van der Waals surface area contributed by atoms with Gasteiger partial charge in [0.2, 0.25) is 0 Å². The van der Waals surface area contributed by atoms with Gasteiger partial charge in [0.25, 0.3) is 0 Å². The Balaban J connectivity index is 1.16. The van der Waals surface area contributed by atoms with Gasteiger partial charge in [0, 0.05) is 43.9 Å². The summed E-state index contributed by atoms with van der Waals surface area (Å²) in [5.74, 6) is 0.735. The first-order valence-electron chi connectivity index (χ1n) is 14.7. The van der Waals surface area contributed by atoms with Crippen molar-refractivity contribution >= 4 is 53.3 Å². The van der Waals surface area contributed by atoms with Crippen molar-refractivity contribution in [3.63, 3.8) is 0 Å². The summed E-state index contributed by atoms with van der Waals surface area (Å²) < 4.78 is 3.58. The maximum Gasteiger partial charge on any atom is 0.160 e. The van der Waals surface area contributed by atoms with E-state index in [4.69, 9.17) is 9.97 Å². The highest BCUT2D eigenvalue weighted by Gasteiger charge is 2.15. The molecule has 0 atom stereocenters. The van der Waals surface area contributed by atoms with Crippen LogP contribution in [0.1, 0.15) is 0 Å². The molecule has 0 saturated carbocycles. The van der Waals surface area contributed by atoms with Crippen LogP contribution in [0.3, 0.4) is 0 Å². The summed E-state index contributed by atoms with van der Waals surface area (Å²) in [5.41, 5.74) is 7.56. The molecule has 3 heterocycles. The summed E-state index contributed by atoms with van der Waals surface area (Å²) in [7, 11) is 0. The standard InChI is InChI=1S/C40H25N3S/c1-3-9-26(10-4-1)27-15-17-28(18-16-27)38-34-13-7-8-14-36(34)41-39(42-38)30-20-19-29-25-37-35(24-31(29)23-30)33-21-22-43(40(33)44-37)32-11-5-2-6-12-32/h1-25H. The average molecular weight is 580 g/mol. The first kappa shape index (κ1) is 25.0. The van der Waals surface area contributed by atoms with E-state index in [0.29, 0.717) is 0 Å². The number of hydrogen-bond acceptors (Lipinski definition) is 3. The van der Waals surface area contributed by atoms with Gasteiger partial charge in [-0.1, -0.05) is 103 Å². The van der Waals surface area contributed by atoms with E-state index >= 15 is 0 Å². The highest BCUT2D eigenvalue weighted by Crippen LogP contribution is 2.39. The molecule has 0 amide bonds. The Morgan fingerprint density at radius 2 is 1.18 bits per heavy atom. The molecular formula is C40H25N3S. The first-order valence-corrected chi connectivity index (χ1v) is 15.6. The minimum absolute atomic E-state index is 0.735. The summed E-state index contributed by atoms with van der Waals surface area (Å²) in [4.78, 5) is 11.5. The van der Waals surface area contributed by atoms with E-state index < -0.39 is 0 Å². The molecule has 3 nitrogen and oxygen atoms in total. The Hall–Kier alpha value is -5.58. The minimum atomic E-state index is 0.735. The summed E-state index contributed by atoms with van der Waals surface area (Å²) in [6.07, 6.45) is 2.17. The fourth-order valence-electron chi connectivity index (χ4n) is 6.21. The second-order valence-electron chi connectivity index (χ2n) is 11.1. The molecule has 0 bridgehead atoms. The van der Waals surface area contributed by atoms with E-state index in [1.807, 2.05) is 23.5 Å². The van der Waals surface area contributed by atoms with Gasteiger partial charge in [0.15, 0.2) is 5.82 Å². The average Bonchev–Trinajstić information content (AvgIpc) is 3.66. The normalized spacial score (nSPS) is 11.6. The molecular weight excluding hydrogens is 555 g/mol. The van der Waals surface area contributed by atoms with Gasteiger partial charge in [-0.3, -0.25) is 0 Å². The van der Waals surface area contributed by atoms with Crippen molar-refractivity contribution in [3.05, 3.63) is 152 Å². The van der Waals surface area contributed by atoms with Gasteiger partial charge in [-0.05, 0) is 64.4 Å². The van der Waals surface area contributed by atoms with Gasteiger partial charge in [0.05, 0.1) is 11.2 Å². The van der Waals surface area contributed by atoms with E-state index in [1.54, 1.807) is 0 Å². The van der Waals surface area contributed by atoms with Gasteiger partial charge in [-0.25, -0.2) is 9.97 Å². The van der Waals surface area contributed by atoms with Crippen molar-refractivity contribution in [2.24, 2.45) is 0 Å². The van der Waals surface area contributed by atoms with E-state index in [2.05, 4.69) is 144 Å². The quantitative estimate of drug-likeness (QED) is 0.208. The monoisotopic (exact) mass is 579 g/mol. The zero-order valence-electron chi connectivity index (χ0n) is 23.7. The third kappa shape index (κ3) is 4.11. The maximum atomic E-state index is 5.18. The lowest BCUT2D eigenvalue weighted by Crippen LogP contribution is -1.95. The van der Waals surface area contributed by atoms with E-state index in [-0.39, 0.29) is 0 Å². The minimum Gasteiger partial charge on any atom is -0.308 e. The van der Waals surface area contributed by atoms with Crippen molar-refractivity contribution in [2.45, 2.75) is 0 Å². The fourth-order valence-corrected chi connectivity index (χ4v) is 7.44. The Morgan fingerprint density at radius 3 is 2.02 bits per heavy atom. The summed E-state index contributed by atoms with van der Waals surface area (Å²) in [6, 6.07) is 51.5. The van der Waals surface area contributed by atoms with Crippen molar-refractivity contribution in [1.82, 2.24) is 14.5 Å². The number of hydrogen-bond donors (Lipinski definition) is 0. The van der Waals surface area contributed by atoms with Crippen LogP contribution < -0.4 is 0 Å². The van der Waals surface area contributed by atoms with Crippen LogP contribution in [0.2, 0.25) is 0 Å². The molecule has 0 aliphatic carbocycles. The molecule has 3 aromatic heterocycles. The molecule has 0 aliphatic heterocycles. The highest BCUT2D eigenvalue weighted by molar-refractivity contribution is 7.25. The number of thiophene rings is 1. The van der Waals surface area contributed by atoms with Gasteiger partial charge in [0.1, 0.15) is 4.83 Å². The molecule has 0 aliphatic rings. The number of rotatable bonds is 4. The van der Waals surface area contributed by atoms with Gasteiger partial charge < -0.3 is 4.57 Å². The van der Waals surface area contributed by atoms with Crippen molar-refractivity contribution < 1.29 is 0 Å². The Labute approximate surface area is 258 Å². The Morgan fingerprint density at radius 1 is 0.477 bits per heavy atom. The number of benzene rings is 6. The number of aromatic nitrogens is 3. The third-order valence-corrected chi connectivity index (χ3v) is 9.60. The van der Waals surface area contributed by atoms with Crippen LogP contribution in [-0.4, -0.2) is 14.5 Å². The lowest BCUT2D eigenvalue weighted by molar-refractivity contribution is 1.14. The largest absolute Gasteiger partial charge is 0.308 e. The van der Waals surface area contributed by atoms with Crippen LogP contribution in [-0.2, 0) is 0 Å². The first-order chi connectivity index (χ1) is 21.8. The van der Waals surface area contributed by atoms with Crippen molar-refractivity contribution in [2.75, 3.05) is 0 Å². The van der Waals surface area contributed by atoms with E-state index in [1.165, 1.54) is 47.9 Å². The molecule has 9 rings (SSSR count). The zero-order chi connectivity index (χ0) is 29.0. The lowest BCUT2D eigenvalue weighted by Gasteiger charge is -2.11. The second kappa shape index (κ2) is 10.0. The second-order valence-corrected chi connectivity index (χ2v) is 12.1. The van der Waals surface area contributed by atoms with E-state index in [9.17, 15) is 0 Å². The fraction of sp³-hybridized carbons (Fsp3) is 0. The summed E-state index contributed by atoms with van der Waals surface area (Å²) in [5, 5.41) is 6.02. The number of fused-ring (bicyclic) bond motifs is 5. The number of para-hydroxylation sites is 2. The van der Waals surface area contributed by atoms with Crippen LogP contribution in [0.5, 0.6) is 0 Å². The zero-order valence-corrected chi connectivity index (χ0v) is 24.5. The smallest absolute Gasteiger partial charge is 0.160 e. The van der Waals surface area contributed by atoms with Crippen molar-refractivity contribution in [3.8, 4) is 39.5 Å². The topological polar surface area (TPSA) is 30.7 Å². The Kier molecular flexibility index (Phi) is 5.68. The molecule has 206 valence electrons. The predicted molar refractivity (Wildman–Crippen MR) is 186 cm³/mol. The lowest BCUT2D eigenvalue weighted by atomic mass is 10.0. The highest BCUT2D eigenvalue weighted by atomic mass is 32.1. The van der Waals surface area contributed by atoms with Gasteiger partial charge in [-0.2, -0.15) is 0 Å². The molecule has 44 heavy (non-hydrogen) atoms. The molecule has 0 fully saturated rings. The van der Waals surface area contributed by atoms with Crippen LogP contribution >= 0.6 is 11.3 Å². The Bertz CT molecular complexity index is 2470. The maximum absolute atomic E-state index is 5.18. The summed E-state index contributed by atoms with van der Waals surface area (Å²) in [6.45, 7) is 0. The van der Waals surface area contributed by atoms with Crippen LogP contribution in [0.4, 0.5) is 0 Å². The molecule has 0 saturated heterocycles. The van der Waals surface area contributed by atoms with Gasteiger partial charge in [-0.15, -0.1) is 11.3 Å². The van der Waals surface area contributed by atoms with Crippen LogP contribution in [0.25, 0.3) is 81.4 Å². The number of nitrogens with zero attached hydrogens (tertiary/aromatic N) is 3. The molecule has 0 N–H and O–H groups in total. The van der Waals surface area contributed by atoms with Crippen LogP contribution in [0.15, 0.2) is 152 Å². The third-order valence-electron chi connectivity index (χ3n) is 8.44. The summed E-state index contributed by atoms with van der Waals surface area (Å²) >= 11 is 1.84. The molecule has 4 heteroatoms. The van der Waals surface area contributed by atoms with Crippen LogP contribution in [0, 0.1) is 0 Å². The molecule has 0 spiro atoms. The molecule has 9 aromatic rings. The van der Waals surface area contributed by atoms with Crippen molar-refractivity contribution in [1.29, 1.82) is 0 Å².